The summed E-state index contributed by atoms with van der Waals surface area (Å²) in [6.45, 7) is 9.38. The number of carbonyl (C=O) groups is 5. The molecule has 0 spiro atoms. The summed E-state index contributed by atoms with van der Waals surface area (Å²) in [5, 5.41) is 35.8. The van der Waals surface area contributed by atoms with Gasteiger partial charge in [-0.2, -0.15) is 0 Å². The zero-order valence-electron chi connectivity index (χ0n) is 41.6. The number of ether oxygens (including phenoxy) is 1. The smallest absolute Gasteiger partial charge is 0.347 e. The first-order valence-corrected chi connectivity index (χ1v) is 25.6. The molecule has 4 aliphatic heterocycles. The number of amidine groups is 1. The van der Waals surface area contributed by atoms with E-state index in [1.54, 1.807) is 31.2 Å². The van der Waals surface area contributed by atoms with E-state index in [4.69, 9.17) is 15.9 Å². The van der Waals surface area contributed by atoms with Gasteiger partial charge in [0.05, 0.1) is 23.1 Å². The fraction of sp³-hybridized carbons (Fsp3) is 0.547. The fourth-order valence-electron chi connectivity index (χ4n) is 11.2. The van der Waals surface area contributed by atoms with Gasteiger partial charge < -0.3 is 36.5 Å². The third-order valence-corrected chi connectivity index (χ3v) is 15.5. The van der Waals surface area contributed by atoms with Crippen LogP contribution in [0, 0.1) is 16.0 Å². The predicted molar refractivity (Wildman–Crippen MR) is 268 cm³/mol. The van der Waals surface area contributed by atoms with E-state index in [9.17, 15) is 38.0 Å². The van der Waals surface area contributed by atoms with Gasteiger partial charge in [-0.05, 0) is 86.8 Å². The van der Waals surface area contributed by atoms with E-state index < -0.39 is 50.9 Å². The third-order valence-electron chi connectivity index (χ3n) is 15.5. The Bertz CT molecular complexity index is 2520. The van der Waals surface area contributed by atoms with E-state index in [1.807, 2.05) is 19.1 Å². The standard InChI is InChI=1S/C53H70F2N10O7/c1-52(30-35(54)27-36(55)31-52)29-34-10-11-42(56)40(26-34)48(57)62-51(70)53(2)17-14-38(28-45(53)60-37-15-24-72-25-16-37)64-22-20-63(21-23-64)32-47(67)59-19-6-4-3-5-18-58-43-9-7-8-39-41(43)33-65(71,50(39)69)44-12-13-46(66)61-49(44)68/h7-11,14,26-27,30,37,44-45,58,60H,3-6,12-13,15-25,28-29,31-33,56H2,1-2H3,(H,59,67)(H2,57,62,70)(H,61,66,68)/p+1. The number of allylic oxidation sites excluding steroid dienone is 5. The second kappa shape index (κ2) is 22.5. The summed E-state index contributed by atoms with van der Waals surface area (Å²) >= 11 is 0. The number of rotatable bonds is 18. The van der Waals surface area contributed by atoms with Crippen molar-refractivity contribution >= 4 is 46.7 Å². The Balaban J connectivity index is 0.766. The van der Waals surface area contributed by atoms with Crippen LogP contribution < -0.4 is 37.7 Å². The number of amides is 5. The largest absolute Gasteiger partial charge is 0.624 e. The second-order valence-electron chi connectivity index (χ2n) is 21.1. The maximum Gasteiger partial charge on any atom is 0.347 e. The molecule has 19 heteroatoms. The Morgan fingerprint density at radius 2 is 1.75 bits per heavy atom. The highest BCUT2D eigenvalue weighted by molar-refractivity contribution is 6.09. The summed E-state index contributed by atoms with van der Waals surface area (Å²) in [6, 6.07) is 9.30. The number of halogens is 2. The van der Waals surface area contributed by atoms with E-state index >= 15 is 0 Å². The molecule has 5 unspecified atom stereocenters. The van der Waals surface area contributed by atoms with Gasteiger partial charge >= 0.3 is 11.8 Å². The maximum absolute atomic E-state index is 14.4. The monoisotopic (exact) mass is 998 g/mol. The van der Waals surface area contributed by atoms with Crippen LogP contribution in [0.1, 0.15) is 112 Å². The quantitative estimate of drug-likeness (QED) is 0.0216. The lowest BCUT2D eigenvalue weighted by molar-refractivity contribution is -0.825. The number of nitrogen functional groups attached to an aromatic ring is 1. The van der Waals surface area contributed by atoms with E-state index in [2.05, 4.69) is 42.5 Å². The van der Waals surface area contributed by atoms with Gasteiger partial charge in [0.25, 0.3) is 11.7 Å². The molecule has 6 aliphatic rings. The number of piperazine rings is 1. The number of imide groups is 1. The Morgan fingerprint density at radius 1 is 1.00 bits per heavy atom. The van der Waals surface area contributed by atoms with Crippen molar-refractivity contribution in [2.24, 2.45) is 10.8 Å². The van der Waals surface area contributed by atoms with Crippen molar-refractivity contribution in [3.63, 3.8) is 0 Å². The van der Waals surface area contributed by atoms with Gasteiger partial charge in [0.1, 0.15) is 18.2 Å². The number of fused-ring (bicyclic) bond motifs is 1. The molecule has 0 aromatic heterocycles. The highest BCUT2D eigenvalue weighted by atomic mass is 19.1. The number of benzene rings is 2. The first-order valence-electron chi connectivity index (χ1n) is 25.6. The van der Waals surface area contributed by atoms with Crippen molar-refractivity contribution in [1.29, 1.82) is 0 Å². The van der Waals surface area contributed by atoms with E-state index in [1.165, 1.54) is 11.8 Å². The van der Waals surface area contributed by atoms with Crippen LogP contribution in [0.25, 0.3) is 0 Å². The van der Waals surface area contributed by atoms with Crippen molar-refractivity contribution in [1.82, 2.24) is 31.1 Å². The molecule has 5 atom stereocenters. The van der Waals surface area contributed by atoms with Gasteiger partial charge in [0.15, 0.2) is 6.04 Å². The molecule has 2 aromatic carbocycles. The Hall–Kier alpha value is -5.86. The summed E-state index contributed by atoms with van der Waals surface area (Å²) in [4.78, 5) is 69.3. The topological polar surface area (TPSA) is 236 Å². The van der Waals surface area contributed by atoms with Crippen LogP contribution in [0.3, 0.4) is 0 Å². The molecule has 8 rings (SSSR count). The zero-order valence-corrected chi connectivity index (χ0v) is 41.6. The van der Waals surface area contributed by atoms with Gasteiger partial charge in [0, 0.05) is 119 Å². The molecule has 4 heterocycles. The number of hydroxylamine groups is 3. The number of nitrogens with zero attached hydrogens (tertiary/aromatic N) is 3. The van der Waals surface area contributed by atoms with Crippen LogP contribution in [0.2, 0.25) is 0 Å². The molecule has 72 heavy (non-hydrogen) atoms. The van der Waals surface area contributed by atoms with Crippen molar-refractivity contribution in [3.05, 3.63) is 99.4 Å². The van der Waals surface area contributed by atoms with Crippen LogP contribution in [0.4, 0.5) is 20.2 Å². The minimum Gasteiger partial charge on any atom is -0.624 e. The number of hydrogen-bond acceptors (Lipinski definition) is 12. The van der Waals surface area contributed by atoms with Gasteiger partial charge in [-0.3, -0.25) is 34.7 Å². The molecular weight excluding hydrogens is 927 g/mol. The van der Waals surface area contributed by atoms with Crippen LogP contribution in [-0.2, 0) is 36.9 Å². The number of quaternary nitrogens is 1. The molecule has 0 saturated carbocycles. The average Bonchev–Trinajstić information content (AvgIpc) is 3.60. The van der Waals surface area contributed by atoms with E-state index in [0.29, 0.717) is 80.2 Å². The summed E-state index contributed by atoms with van der Waals surface area (Å²) in [5.74, 6) is -3.03. The Morgan fingerprint density at radius 3 is 2.49 bits per heavy atom. The number of carbonyl (C=O) groups excluding carboxylic acids is 5. The number of anilines is 2. The van der Waals surface area contributed by atoms with Gasteiger partial charge in [0.2, 0.25) is 11.8 Å². The molecule has 0 radical (unpaired) electrons. The number of nitrogens with two attached hydrogens (primary N) is 2. The van der Waals surface area contributed by atoms with Gasteiger partial charge in [-0.15, -0.1) is 0 Å². The fourth-order valence-corrected chi connectivity index (χ4v) is 11.2. The summed E-state index contributed by atoms with van der Waals surface area (Å²) in [5.41, 5.74) is 9.15. The van der Waals surface area contributed by atoms with Crippen molar-refractivity contribution in [2.45, 2.75) is 116 Å². The van der Waals surface area contributed by atoms with Crippen molar-refractivity contribution in [2.75, 3.05) is 70.1 Å². The SMILES string of the molecule is CC1(Cc2ccc(N)c(C(=[NH2+])NC(=O)C3(C)CC=C(N4CCN(CC(=O)NCCCCCCNc5cccc6c5C[N+]([O-])(C5CCC(=O)NC5=O)C6=O)CC4)CC3NC3CCOCC3)c2)C=C(F)C=C(F)C1. The summed E-state index contributed by atoms with van der Waals surface area (Å²) < 4.78 is 32.8. The lowest BCUT2D eigenvalue weighted by Crippen LogP contribution is -2.61. The molecular formula is C53H71F2N10O7+. The highest BCUT2D eigenvalue weighted by Gasteiger charge is 2.51. The molecule has 2 aromatic rings. The molecule has 17 nitrogen and oxygen atoms in total. The van der Waals surface area contributed by atoms with Crippen LogP contribution in [-0.4, -0.2) is 127 Å². The summed E-state index contributed by atoms with van der Waals surface area (Å²) in [7, 11) is 0. The normalized spacial score (nSPS) is 27.0. The first-order chi connectivity index (χ1) is 34.4. The number of hydrogen-bond donors (Lipinski definition) is 7. The van der Waals surface area contributed by atoms with Crippen LogP contribution in [0.5, 0.6) is 0 Å². The number of nitrogens with one attached hydrogen (secondary N) is 5. The molecule has 388 valence electrons. The minimum absolute atomic E-state index is 0.00874. The predicted octanol–water partition coefficient (Wildman–Crippen LogP) is 3.55. The summed E-state index contributed by atoms with van der Waals surface area (Å²) in [6.07, 6.45) is 11.3. The number of piperidine rings is 1. The number of unbranched alkanes of at least 4 members (excludes halogenated alkanes) is 3. The van der Waals surface area contributed by atoms with Gasteiger partial charge in [-0.1, -0.05) is 38.0 Å². The van der Waals surface area contributed by atoms with Crippen LogP contribution >= 0.6 is 0 Å². The van der Waals surface area contributed by atoms with Gasteiger partial charge in [-0.25, -0.2) is 23.7 Å². The second-order valence-corrected chi connectivity index (χ2v) is 21.1. The highest BCUT2D eigenvalue weighted by Crippen LogP contribution is 2.41. The molecule has 2 aliphatic carbocycles. The van der Waals surface area contributed by atoms with Crippen molar-refractivity contribution < 1.29 is 47.5 Å². The first kappa shape index (κ1) is 52.5. The molecule has 0 bridgehead atoms. The Labute approximate surface area is 420 Å². The van der Waals surface area contributed by atoms with Crippen molar-refractivity contribution in [3.8, 4) is 0 Å². The minimum atomic E-state index is -1.31. The lowest BCUT2D eigenvalue weighted by Gasteiger charge is -2.45. The molecule has 3 saturated heterocycles. The third kappa shape index (κ3) is 12.1. The molecule has 9 N–H and O–H groups in total. The zero-order chi connectivity index (χ0) is 51.2. The lowest BCUT2D eigenvalue weighted by atomic mass is 9.72. The molecule has 3 fully saturated rings. The Kier molecular flexibility index (Phi) is 16.4. The van der Waals surface area contributed by atoms with Crippen LogP contribution in [0.15, 0.2) is 72.0 Å². The van der Waals surface area contributed by atoms with E-state index in [0.717, 1.165) is 76.3 Å². The average molecular weight is 998 g/mol. The molecule has 5 amide bonds. The van der Waals surface area contributed by atoms with E-state index in [-0.39, 0.29) is 55.5 Å². The maximum atomic E-state index is 14.4.